The molecule has 5 heteroatoms. The van der Waals surface area contributed by atoms with Crippen LogP contribution in [0.2, 0.25) is 0 Å². The van der Waals surface area contributed by atoms with Gasteiger partial charge in [0.2, 0.25) is 0 Å². The van der Waals surface area contributed by atoms with Crippen LogP contribution in [0.4, 0.5) is 0 Å². The molecule has 20 heavy (non-hydrogen) atoms. The number of sulfone groups is 1. The molecule has 1 aromatic rings. The molecule has 2 unspecified atom stereocenters. The first-order valence-corrected chi connectivity index (χ1v) is 9.03. The summed E-state index contributed by atoms with van der Waals surface area (Å²) in [4.78, 5) is 0. The van der Waals surface area contributed by atoms with E-state index in [1.165, 1.54) is 24.7 Å². The van der Waals surface area contributed by atoms with E-state index in [1.54, 1.807) is 7.11 Å². The maximum absolute atomic E-state index is 11.4. The lowest BCUT2D eigenvalue weighted by molar-refractivity contribution is 0.412. The second-order valence-electron chi connectivity index (χ2n) is 5.75. The van der Waals surface area contributed by atoms with Crippen molar-refractivity contribution >= 4 is 9.84 Å². The van der Waals surface area contributed by atoms with E-state index in [1.807, 2.05) is 19.1 Å². The highest BCUT2D eigenvalue weighted by atomic mass is 32.2. The van der Waals surface area contributed by atoms with Crippen LogP contribution in [0.1, 0.15) is 31.4 Å². The van der Waals surface area contributed by atoms with Gasteiger partial charge in [-0.2, -0.15) is 0 Å². The Morgan fingerprint density at radius 1 is 1.30 bits per heavy atom. The van der Waals surface area contributed by atoms with Crippen molar-refractivity contribution < 1.29 is 13.2 Å². The maximum Gasteiger partial charge on any atom is 0.148 e. The van der Waals surface area contributed by atoms with Crippen LogP contribution in [-0.4, -0.2) is 33.6 Å². The molecule has 1 aliphatic rings. The summed E-state index contributed by atoms with van der Waals surface area (Å²) in [6, 6.07) is 8.21. The van der Waals surface area contributed by atoms with Crippen LogP contribution < -0.4 is 10.1 Å². The molecule has 0 aliphatic heterocycles. The average molecular weight is 297 g/mol. The van der Waals surface area contributed by atoms with Gasteiger partial charge in [0.25, 0.3) is 0 Å². The first kappa shape index (κ1) is 15.3. The van der Waals surface area contributed by atoms with Gasteiger partial charge < -0.3 is 10.1 Å². The quantitative estimate of drug-likeness (QED) is 0.838. The van der Waals surface area contributed by atoms with Crippen LogP contribution in [0.5, 0.6) is 5.75 Å². The second-order valence-corrected chi connectivity index (χ2v) is 7.93. The van der Waals surface area contributed by atoms with Crippen molar-refractivity contribution in [3.05, 3.63) is 29.8 Å². The number of ether oxygens (including phenoxy) is 1. The molecule has 1 N–H and O–H groups in total. The molecule has 0 amide bonds. The first-order valence-electron chi connectivity index (χ1n) is 6.97. The summed E-state index contributed by atoms with van der Waals surface area (Å²) in [6.07, 6.45) is 3.69. The van der Waals surface area contributed by atoms with Crippen molar-refractivity contribution in [2.24, 2.45) is 5.92 Å². The van der Waals surface area contributed by atoms with E-state index in [4.69, 9.17) is 4.74 Å². The Kier molecular flexibility index (Phi) is 4.70. The van der Waals surface area contributed by atoms with Gasteiger partial charge in [-0.25, -0.2) is 8.42 Å². The van der Waals surface area contributed by atoms with Crippen LogP contribution in [0.15, 0.2) is 24.3 Å². The Morgan fingerprint density at radius 2 is 1.90 bits per heavy atom. The molecule has 0 saturated heterocycles. The zero-order valence-corrected chi connectivity index (χ0v) is 13.1. The van der Waals surface area contributed by atoms with Gasteiger partial charge in [0.15, 0.2) is 0 Å². The Balaban J connectivity index is 2.06. The molecular formula is C15H23NO3S. The largest absolute Gasteiger partial charge is 0.497 e. The van der Waals surface area contributed by atoms with Gasteiger partial charge in [-0.15, -0.1) is 0 Å². The average Bonchev–Trinajstić information content (AvgIpc) is 3.18. The summed E-state index contributed by atoms with van der Waals surface area (Å²) in [5, 5.41) is 3.47. The van der Waals surface area contributed by atoms with Crippen LogP contribution in [-0.2, 0) is 9.84 Å². The number of nitrogens with one attached hydrogen (secondary N) is 1. The van der Waals surface area contributed by atoms with Crippen molar-refractivity contribution in [3.8, 4) is 5.75 Å². The molecule has 0 heterocycles. The lowest BCUT2D eigenvalue weighted by Crippen LogP contribution is -2.36. The van der Waals surface area contributed by atoms with E-state index in [-0.39, 0.29) is 17.8 Å². The van der Waals surface area contributed by atoms with E-state index < -0.39 is 9.84 Å². The van der Waals surface area contributed by atoms with Crippen LogP contribution in [0, 0.1) is 5.92 Å². The summed E-state index contributed by atoms with van der Waals surface area (Å²) in [5.41, 5.74) is 1.20. The summed E-state index contributed by atoms with van der Waals surface area (Å²) < 4.78 is 27.9. The number of benzene rings is 1. The molecule has 1 saturated carbocycles. The molecule has 0 spiro atoms. The molecular weight excluding hydrogens is 274 g/mol. The van der Waals surface area contributed by atoms with Gasteiger partial charge in [0.1, 0.15) is 15.6 Å². The summed E-state index contributed by atoms with van der Waals surface area (Å²) in [6.45, 7) is 1.93. The van der Waals surface area contributed by atoms with E-state index >= 15 is 0 Å². The zero-order valence-electron chi connectivity index (χ0n) is 12.3. The summed E-state index contributed by atoms with van der Waals surface area (Å²) >= 11 is 0. The third kappa shape index (κ3) is 4.49. The minimum Gasteiger partial charge on any atom is -0.497 e. The molecule has 1 aromatic carbocycles. The number of hydrogen-bond donors (Lipinski definition) is 1. The van der Waals surface area contributed by atoms with Crippen molar-refractivity contribution in [2.75, 3.05) is 19.1 Å². The van der Waals surface area contributed by atoms with Crippen molar-refractivity contribution in [3.63, 3.8) is 0 Å². The van der Waals surface area contributed by atoms with Gasteiger partial charge in [-0.05, 0) is 43.4 Å². The first-order chi connectivity index (χ1) is 9.39. The van der Waals surface area contributed by atoms with Crippen LogP contribution in [0.25, 0.3) is 0 Å². The van der Waals surface area contributed by atoms with Gasteiger partial charge in [-0.3, -0.25) is 0 Å². The summed E-state index contributed by atoms with van der Waals surface area (Å²) in [5.74, 6) is 1.63. The number of rotatable bonds is 7. The number of hydrogen-bond acceptors (Lipinski definition) is 4. The standard InChI is InChI=1S/C15H23NO3S/c1-11(10-20(3,17)18)16-15(12-4-5-12)13-6-8-14(19-2)9-7-13/h6-9,11-12,15-16H,4-5,10H2,1-3H3. The van der Waals surface area contributed by atoms with Gasteiger partial charge in [-0.1, -0.05) is 12.1 Å². The third-order valence-electron chi connectivity index (χ3n) is 3.59. The maximum atomic E-state index is 11.4. The molecule has 2 atom stereocenters. The molecule has 0 aromatic heterocycles. The second kappa shape index (κ2) is 6.14. The van der Waals surface area contributed by atoms with Gasteiger partial charge in [0.05, 0.1) is 12.9 Å². The fourth-order valence-corrected chi connectivity index (χ4v) is 3.56. The SMILES string of the molecule is COc1ccc(C(NC(C)CS(C)(=O)=O)C2CC2)cc1. The smallest absolute Gasteiger partial charge is 0.148 e. The summed E-state index contributed by atoms with van der Waals surface area (Å²) in [7, 11) is -1.30. The topological polar surface area (TPSA) is 55.4 Å². The Hall–Kier alpha value is -1.07. The molecule has 2 rings (SSSR count). The molecule has 1 fully saturated rings. The van der Waals surface area contributed by atoms with Crippen LogP contribution >= 0.6 is 0 Å². The van der Waals surface area contributed by atoms with E-state index in [0.29, 0.717) is 5.92 Å². The lowest BCUT2D eigenvalue weighted by Gasteiger charge is -2.23. The fraction of sp³-hybridized carbons (Fsp3) is 0.600. The van der Waals surface area contributed by atoms with Crippen LogP contribution in [0.3, 0.4) is 0 Å². The minimum absolute atomic E-state index is 0.0438. The van der Waals surface area contributed by atoms with Gasteiger partial charge >= 0.3 is 0 Å². The lowest BCUT2D eigenvalue weighted by atomic mass is 10.0. The number of methoxy groups -OCH3 is 1. The van der Waals surface area contributed by atoms with E-state index in [0.717, 1.165) is 5.75 Å². The Bertz CT molecular complexity index is 535. The Morgan fingerprint density at radius 3 is 2.35 bits per heavy atom. The molecule has 4 nitrogen and oxygen atoms in total. The fourth-order valence-electron chi connectivity index (χ4n) is 2.55. The predicted octanol–water partition coefficient (Wildman–Crippen LogP) is 2.17. The van der Waals surface area contributed by atoms with E-state index in [2.05, 4.69) is 17.4 Å². The molecule has 0 radical (unpaired) electrons. The Labute approximate surface area is 121 Å². The normalized spacial score (nSPS) is 18.6. The van der Waals surface area contributed by atoms with Gasteiger partial charge in [0, 0.05) is 18.3 Å². The van der Waals surface area contributed by atoms with Crippen molar-refractivity contribution in [1.82, 2.24) is 5.32 Å². The molecule has 0 bridgehead atoms. The zero-order chi connectivity index (χ0) is 14.8. The third-order valence-corrected chi connectivity index (χ3v) is 4.69. The van der Waals surface area contributed by atoms with E-state index in [9.17, 15) is 8.42 Å². The highest BCUT2D eigenvalue weighted by Gasteiger charge is 2.33. The van der Waals surface area contributed by atoms with Crippen molar-refractivity contribution in [2.45, 2.75) is 31.8 Å². The highest BCUT2D eigenvalue weighted by Crippen LogP contribution is 2.41. The molecule has 112 valence electrons. The highest BCUT2D eigenvalue weighted by molar-refractivity contribution is 7.90. The van der Waals surface area contributed by atoms with Crippen molar-refractivity contribution in [1.29, 1.82) is 0 Å². The predicted molar refractivity (Wildman–Crippen MR) is 80.8 cm³/mol. The monoisotopic (exact) mass is 297 g/mol. The molecule has 1 aliphatic carbocycles. The minimum atomic E-state index is -2.95.